The molecule has 2 heterocycles. The third-order valence-electron chi connectivity index (χ3n) is 4.15. The maximum Gasteiger partial charge on any atom is 0.203 e. The Balaban J connectivity index is 1.67. The molecule has 1 aliphatic heterocycles. The van der Waals surface area contributed by atoms with Gasteiger partial charge in [0.25, 0.3) is 0 Å². The smallest absolute Gasteiger partial charge is 0.203 e. The van der Waals surface area contributed by atoms with Gasteiger partial charge in [-0.25, -0.2) is 4.98 Å². The minimum atomic E-state index is 0.750. The van der Waals surface area contributed by atoms with E-state index in [0.717, 1.165) is 23.9 Å². The third-order valence-corrected chi connectivity index (χ3v) is 4.15. The Labute approximate surface area is 114 Å². The lowest BCUT2D eigenvalue weighted by Gasteiger charge is -2.14. The Morgan fingerprint density at radius 3 is 2.95 bits per heavy atom. The molecule has 1 atom stereocenters. The number of imidazole rings is 1. The van der Waals surface area contributed by atoms with Crippen molar-refractivity contribution in [2.75, 3.05) is 31.5 Å². The van der Waals surface area contributed by atoms with Crippen molar-refractivity contribution in [3.05, 3.63) is 24.3 Å². The summed E-state index contributed by atoms with van der Waals surface area (Å²) in [6.07, 6.45) is 1.30. The lowest BCUT2D eigenvalue weighted by molar-refractivity contribution is 0.345. The Bertz CT molecular complexity index is 560. The summed E-state index contributed by atoms with van der Waals surface area (Å²) in [6.45, 7) is 6.89. The van der Waals surface area contributed by atoms with Crippen molar-refractivity contribution < 1.29 is 0 Å². The lowest BCUT2D eigenvalue weighted by atomic mass is 10.1. The average Bonchev–Trinajstić information content (AvgIpc) is 3.02. The van der Waals surface area contributed by atoms with Crippen LogP contribution in [-0.2, 0) is 7.05 Å². The van der Waals surface area contributed by atoms with E-state index in [0.29, 0.717) is 0 Å². The second-order valence-corrected chi connectivity index (χ2v) is 5.41. The highest BCUT2D eigenvalue weighted by molar-refractivity contribution is 5.78. The molecule has 1 N–H and O–H groups in total. The summed E-state index contributed by atoms with van der Waals surface area (Å²) in [4.78, 5) is 7.17. The monoisotopic (exact) mass is 258 g/mol. The van der Waals surface area contributed by atoms with Gasteiger partial charge in [0.15, 0.2) is 0 Å². The molecular weight excluding hydrogens is 236 g/mol. The number of anilines is 1. The fourth-order valence-electron chi connectivity index (χ4n) is 2.91. The quantitative estimate of drug-likeness (QED) is 0.913. The number of aromatic nitrogens is 2. The number of hydrogen-bond donors (Lipinski definition) is 1. The second-order valence-electron chi connectivity index (χ2n) is 5.41. The highest BCUT2D eigenvalue weighted by Gasteiger charge is 2.21. The van der Waals surface area contributed by atoms with E-state index in [-0.39, 0.29) is 0 Å². The predicted octanol–water partition coefficient (Wildman–Crippen LogP) is 2.33. The highest BCUT2D eigenvalue weighted by atomic mass is 15.2. The topological polar surface area (TPSA) is 33.1 Å². The van der Waals surface area contributed by atoms with Gasteiger partial charge in [-0.3, -0.25) is 0 Å². The maximum absolute atomic E-state index is 4.65. The van der Waals surface area contributed by atoms with E-state index >= 15 is 0 Å². The number of nitrogens with one attached hydrogen (secondary N) is 1. The zero-order valence-electron chi connectivity index (χ0n) is 11.8. The van der Waals surface area contributed by atoms with Gasteiger partial charge < -0.3 is 14.8 Å². The minimum absolute atomic E-state index is 0.750. The first-order valence-electron chi connectivity index (χ1n) is 7.15. The molecule has 1 fully saturated rings. The van der Waals surface area contributed by atoms with Crippen LogP contribution in [0.5, 0.6) is 0 Å². The minimum Gasteiger partial charge on any atom is -0.355 e. The number of hydrogen-bond acceptors (Lipinski definition) is 3. The van der Waals surface area contributed by atoms with Gasteiger partial charge in [-0.15, -0.1) is 0 Å². The van der Waals surface area contributed by atoms with Crippen LogP contribution in [0.3, 0.4) is 0 Å². The molecule has 19 heavy (non-hydrogen) atoms. The Hall–Kier alpha value is -1.55. The lowest BCUT2D eigenvalue weighted by Crippen LogP contribution is -2.23. The average molecular weight is 258 g/mol. The van der Waals surface area contributed by atoms with Gasteiger partial charge in [0.1, 0.15) is 0 Å². The first-order valence-corrected chi connectivity index (χ1v) is 7.15. The molecule has 4 nitrogen and oxygen atoms in total. The number of likely N-dealkylation sites (tertiary alicyclic amines) is 1. The zero-order chi connectivity index (χ0) is 13.2. The van der Waals surface area contributed by atoms with Gasteiger partial charge in [0.2, 0.25) is 5.95 Å². The first kappa shape index (κ1) is 12.5. The normalized spacial score (nSPS) is 20.2. The van der Waals surface area contributed by atoms with E-state index in [1.54, 1.807) is 0 Å². The molecule has 0 bridgehead atoms. The van der Waals surface area contributed by atoms with Gasteiger partial charge in [0.05, 0.1) is 11.0 Å². The van der Waals surface area contributed by atoms with Gasteiger partial charge >= 0.3 is 0 Å². The number of aryl methyl sites for hydroxylation is 1. The summed E-state index contributed by atoms with van der Waals surface area (Å²) < 4.78 is 2.14. The van der Waals surface area contributed by atoms with Crippen LogP contribution in [0.2, 0.25) is 0 Å². The second kappa shape index (κ2) is 5.21. The molecule has 3 rings (SSSR count). The van der Waals surface area contributed by atoms with Crippen molar-refractivity contribution in [1.82, 2.24) is 14.5 Å². The molecule has 1 aromatic heterocycles. The third kappa shape index (κ3) is 2.45. The largest absolute Gasteiger partial charge is 0.355 e. The van der Waals surface area contributed by atoms with E-state index in [1.807, 2.05) is 6.07 Å². The summed E-state index contributed by atoms with van der Waals surface area (Å²) >= 11 is 0. The molecule has 1 aromatic carbocycles. The number of benzene rings is 1. The summed E-state index contributed by atoms with van der Waals surface area (Å²) in [5.41, 5.74) is 2.25. The number of nitrogens with zero attached hydrogens (tertiary/aromatic N) is 3. The van der Waals surface area contributed by atoms with E-state index < -0.39 is 0 Å². The van der Waals surface area contributed by atoms with Gasteiger partial charge in [-0.2, -0.15) is 0 Å². The van der Waals surface area contributed by atoms with Crippen molar-refractivity contribution >= 4 is 17.0 Å². The van der Waals surface area contributed by atoms with Gasteiger partial charge in [-0.1, -0.05) is 19.1 Å². The van der Waals surface area contributed by atoms with Gasteiger partial charge in [0, 0.05) is 20.1 Å². The zero-order valence-corrected chi connectivity index (χ0v) is 11.8. The van der Waals surface area contributed by atoms with Crippen molar-refractivity contribution in [3.63, 3.8) is 0 Å². The standard InChI is InChI=1S/C15H22N4/c1-3-19-9-8-12(11-19)10-16-15-17-13-6-4-5-7-14(13)18(15)2/h4-7,12H,3,8-11H2,1-2H3,(H,16,17). The number of rotatable bonds is 4. The summed E-state index contributed by atoms with van der Waals surface area (Å²) in [6, 6.07) is 8.27. The summed E-state index contributed by atoms with van der Waals surface area (Å²) in [5, 5.41) is 3.51. The van der Waals surface area contributed by atoms with Crippen LogP contribution in [0.15, 0.2) is 24.3 Å². The molecule has 1 aliphatic rings. The van der Waals surface area contributed by atoms with Crippen molar-refractivity contribution in [3.8, 4) is 0 Å². The molecule has 1 unspecified atom stereocenters. The molecule has 0 aliphatic carbocycles. The summed E-state index contributed by atoms with van der Waals surface area (Å²) in [7, 11) is 2.07. The molecule has 102 valence electrons. The van der Waals surface area contributed by atoms with Crippen LogP contribution in [0.4, 0.5) is 5.95 Å². The molecule has 0 saturated carbocycles. The molecule has 4 heteroatoms. The van der Waals surface area contributed by atoms with E-state index in [9.17, 15) is 0 Å². The van der Waals surface area contributed by atoms with Crippen LogP contribution >= 0.6 is 0 Å². The Morgan fingerprint density at radius 1 is 1.37 bits per heavy atom. The maximum atomic E-state index is 4.65. The predicted molar refractivity (Wildman–Crippen MR) is 79.4 cm³/mol. The fraction of sp³-hybridized carbons (Fsp3) is 0.533. The van der Waals surface area contributed by atoms with Crippen molar-refractivity contribution in [2.24, 2.45) is 13.0 Å². The van der Waals surface area contributed by atoms with E-state index in [4.69, 9.17) is 0 Å². The molecule has 0 amide bonds. The summed E-state index contributed by atoms with van der Waals surface area (Å²) in [5.74, 6) is 1.73. The molecule has 2 aromatic rings. The van der Waals surface area contributed by atoms with E-state index in [2.05, 4.69) is 51.9 Å². The van der Waals surface area contributed by atoms with Crippen LogP contribution in [0.1, 0.15) is 13.3 Å². The number of fused-ring (bicyclic) bond motifs is 1. The Kier molecular flexibility index (Phi) is 3.42. The van der Waals surface area contributed by atoms with Crippen LogP contribution in [-0.4, -0.2) is 40.6 Å². The van der Waals surface area contributed by atoms with E-state index in [1.165, 1.54) is 31.6 Å². The molecule has 0 spiro atoms. The van der Waals surface area contributed by atoms with Crippen molar-refractivity contribution in [1.29, 1.82) is 0 Å². The number of para-hydroxylation sites is 2. The fourth-order valence-corrected chi connectivity index (χ4v) is 2.91. The van der Waals surface area contributed by atoms with Crippen molar-refractivity contribution in [2.45, 2.75) is 13.3 Å². The van der Waals surface area contributed by atoms with Crippen LogP contribution < -0.4 is 5.32 Å². The van der Waals surface area contributed by atoms with Gasteiger partial charge in [-0.05, 0) is 37.6 Å². The first-order chi connectivity index (χ1) is 9.28. The molecule has 1 saturated heterocycles. The highest BCUT2D eigenvalue weighted by Crippen LogP contribution is 2.20. The molecule has 0 radical (unpaired) electrons. The van der Waals surface area contributed by atoms with Crippen LogP contribution in [0, 0.1) is 5.92 Å². The Morgan fingerprint density at radius 2 is 2.21 bits per heavy atom. The SMILES string of the molecule is CCN1CCC(CNc2nc3ccccc3n2C)C1. The van der Waals surface area contributed by atoms with Crippen LogP contribution in [0.25, 0.3) is 11.0 Å². The molecular formula is C15H22N4.